The van der Waals surface area contributed by atoms with Crippen molar-refractivity contribution in [2.24, 2.45) is 0 Å². The van der Waals surface area contributed by atoms with Crippen molar-refractivity contribution in [2.45, 2.75) is 24.5 Å². The number of esters is 3. The lowest BCUT2D eigenvalue weighted by Crippen LogP contribution is -2.41. The smallest absolute Gasteiger partial charge is 0.338 e. The summed E-state index contributed by atoms with van der Waals surface area (Å²) in [6.45, 7) is -0.376. The van der Waals surface area contributed by atoms with Crippen LogP contribution in [0.15, 0.2) is 102 Å². The Morgan fingerprint density at radius 2 is 1.32 bits per heavy atom. The fraction of sp³-hybridized carbons (Fsp3) is 0.161. The van der Waals surface area contributed by atoms with Crippen LogP contribution in [0.25, 0.3) is 11.2 Å². The molecule has 0 aliphatic carbocycles. The highest BCUT2D eigenvalue weighted by Gasteiger charge is 2.52. The van der Waals surface area contributed by atoms with Crippen molar-refractivity contribution in [3.63, 3.8) is 0 Å². The highest BCUT2D eigenvalue weighted by atomic mass is 16.7. The first kappa shape index (κ1) is 28.3. The van der Waals surface area contributed by atoms with Gasteiger partial charge in [-0.3, -0.25) is 14.3 Å². The van der Waals surface area contributed by atoms with Gasteiger partial charge < -0.3 is 24.7 Å². The van der Waals surface area contributed by atoms with Gasteiger partial charge in [-0.25, -0.2) is 19.4 Å². The summed E-state index contributed by atoms with van der Waals surface area (Å²) >= 11 is 0. The lowest BCUT2D eigenvalue weighted by Gasteiger charge is -2.25. The number of ether oxygens (including phenoxy) is 4. The molecule has 1 saturated heterocycles. The van der Waals surface area contributed by atoms with Gasteiger partial charge in [-0.15, -0.1) is 0 Å². The number of benzene rings is 3. The second-order valence-electron chi connectivity index (χ2n) is 9.78. The molecule has 6 rings (SSSR count). The van der Waals surface area contributed by atoms with Crippen LogP contribution in [-0.4, -0.2) is 62.3 Å². The number of H-pyrrole nitrogens is 1. The molecule has 3 N–H and O–H groups in total. The van der Waals surface area contributed by atoms with E-state index in [0.29, 0.717) is 5.56 Å². The first-order valence-corrected chi connectivity index (χ1v) is 13.5. The molecule has 0 bridgehead atoms. The molecule has 44 heavy (non-hydrogen) atoms. The highest BCUT2D eigenvalue weighted by molar-refractivity contribution is 5.91. The zero-order chi connectivity index (χ0) is 30.6. The summed E-state index contributed by atoms with van der Waals surface area (Å²) in [5.74, 6) is -2.28. The number of carbonyl (C=O) groups is 3. The van der Waals surface area contributed by atoms with E-state index < -0.39 is 48.0 Å². The number of hydrogen-bond acceptors (Lipinski definition) is 11. The van der Waals surface area contributed by atoms with Gasteiger partial charge in [0.15, 0.2) is 29.6 Å². The maximum absolute atomic E-state index is 13.3. The van der Waals surface area contributed by atoms with Crippen molar-refractivity contribution < 1.29 is 33.3 Å². The number of rotatable bonds is 8. The zero-order valence-corrected chi connectivity index (χ0v) is 22.9. The summed E-state index contributed by atoms with van der Waals surface area (Å²) in [6.07, 6.45) is -3.66. The van der Waals surface area contributed by atoms with Crippen molar-refractivity contribution in [1.29, 1.82) is 0 Å². The Morgan fingerprint density at radius 3 is 1.89 bits per heavy atom. The number of nitrogen functional groups attached to an aromatic ring is 1. The number of hydrogen-bond donors (Lipinski definition) is 2. The maximum atomic E-state index is 13.3. The molecule has 0 unspecified atom stereocenters. The normalized spacial score (nSPS) is 19.4. The van der Waals surface area contributed by atoms with E-state index in [9.17, 15) is 19.2 Å². The number of nitrogens with zero attached hydrogens (tertiary/aromatic N) is 3. The van der Waals surface area contributed by atoms with Crippen molar-refractivity contribution in [3.05, 3.63) is 124 Å². The average Bonchev–Trinajstić information content (AvgIpc) is 3.62. The van der Waals surface area contributed by atoms with Crippen LogP contribution in [0.4, 0.5) is 5.95 Å². The van der Waals surface area contributed by atoms with Crippen LogP contribution < -0.4 is 11.3 Å². The average molecular weight is 596 g/mol. The Labute approximate surface area is 249 Å². The molecule has 13 nitrogen and oxygen atoms in total. The first-order chi connectivity index (χ1) is 21.4. The van der Waals surface area contributed by atoms with Gasteiger partial charge in [0, 0.05) is 0 Å². The zero-order valence-electron chi connectivity index (χ0n) is 22.9. The third-order valence-corrected chi connectivity index (χ3v) is 6.90. The molecule has 0 spiro atoms. The number of aromatic amines is 1. The number of imidazole rings is 1. The predicted octanol–water partition coefficient (Wildman–Crippen LogP) is 2.91. The number of aromatic nitrogens is 4. The largest absolute Gasteiger partial charge is 0.459 e. The van der Waals surface area contributed by atoms with Crippen LogP contribution in [0.1, 0.15) is 37.3 Å². The Bertz CT molecular complexity index is 1860. The van der Waals surface area contributed by atoms with Crippen LogP contribution in [0.2, 0.25) is 0 Å². The number of nitrogens with one attached hydrogen (secondary N) is 1. The van der Waals surface area contributed by atoms with E-state index >= 15 is 0 Å². The summed E-state index contributed by atoms with van der Waals surface area (Å²) in [7, 11) is 0. The minimum atomic E-state index is -1.31. The summed E-state index contributed by atoms with van der Waals surface area (Å²) < 4.78 is 25.0. The topological polar surface area (TPSA) is 178 Å². The number of fused-ring (bicyclic) bond motifs is 1. The van der Waals surface area contributed by atoms with Crippen molar-refractivity contribution in [1.82, 2.24) is 19.5 Å². The van der Waals surface area contributed by atoms with Crippen LogP contribution in [0.3, 0.4) is 0 Å². The number of carbonyl (C=O) groups excluding carboxylic acids is 3. The molecular formula is C31H25N5O8. The third kappa shape index (κ3) is 5.76. The van der Waals surface area contributed by atoms with Crippen LogP contribution in [-0.2, 0) is 18.9 Å². The van der Waals surface area contributed by atoms with Gasteiger partial charge in [0.05, 0.1) is 23.0 Å². The lowest BCUT2D eigenvalue weighted by atomic mass is 10.1. The third-order valence-electron chi connectivity index (χ3n) is 6.90. The highest BCUT2D eigenvalue weighted by Crippen LogP contribution is 2.36. The minimum Gasteiger partial charge on any atom is -0.459 e. The maximum Gasteiger partial charge on any atom is 0.338 e. The van der Waals surface area contributed by atoms with Gasteiger partial charge in [0.2, 0.25) is 5.95 Å². The van der Waals surface area contributed by atoms with E-state index in [1.54, 1.807) is 91.0 Å². The van der Waals surface area contributed by atoms with E-state index in [1.807, 2.05) is 0 Å². The number of nitrogens with two attached hydrogens (primary N) is 1. The van der Waals surface area contributed by atoms with E-state index in [-0.39, 0.29) is 34.8 Å². The van der Waals surface area contributed by atoms with Gasteiger partial charge >= 0.3 is 17.9 Å². The molecule has 4 atom stereocenters. The van der Waals surface area contributed by atoms with Gasteiger partial charge in [-0.1, -0.05) is 54.6 Å². The SMILES string of the molecule is Nc1nc2c(ncn2[C@H]2O[C@@H](COC(=O)c3ccccc3)[C@@H](OC(=O)c3ccccc3)[C@@H]2OC(=O)c2ccccc2)c(=O)[nH]1. The monoisotopic (exact) mass is 595 g/mol. The van der Waals surface area contributed by atoms with Crippen molar-refractivity contribution in [2.75, 3.05) is 12.3 Å². The molecule has 5 aromatic rings. The molecule has 1 aliphatic heterocycles. The van der Waals surface area contributed by atoms with Gasteiger partial charge in [-0.2, -0.15) is 4.98 Å². The van der Waals surface area contributed by atoms with E-state index in [1.165, 1.54) is 10.9 Å². The second kappa shape index (κ2) is 12.2. The predicted molar refractivity (Wildman–Crippen MR) is 154 cm³/mol. The van der Waals surface area contributed by atoms with Gasteiger partial charge in [0.1, 0.15) is 12.7 Å². The van der Waals surface area contributed by atoms with Gasteiger partial charge in [0.25, 0.3) is 5.56 Å². The first-order valence-electron chi connectivity index (χ1n) is 13.5. The van der Waals surface area contributed by atoms with Gasteiger partial charge in [-0.05, 0) is 36.4 Å². The Morgan fingerprint density at radius 1 is 0.795 bits per heavy atom. The summed E-state index contributed by atoms with van der Waals surface area (Å²) in [5.41, 5.74) is 5.96. The quantitative estimate of drug-likeness (QED) is 0.199. The summed E-state index contributed by atoms with van der Waals surface area (Å²) in [4.78, 5) is 62.6. The van der Waals surface area contributed by atoms with Crippen LogP contribution >= 0.6 is 0 Å². The molecule has 13 heteroatoms. The van der Waals surface area contributed by atoms with Crippen molar-refractivity contribution >= 4 is 35.0 Å². The summed E-state index contributed by atoms with van der Waals surface area (Å²) in [6, 6.07) is 24.7. The Balaban J connectivity index is 1.39. The van der Waals surface area contributed by atoms with E-state index in [4.69, 9.17) is 24.7 Å². The Kier molecular flexibility index (Phi) is 7.84. The molecule has 0 amide bonds. The molecule has 3 aromatic carbocycles. The molecule has 222 valence electrons. The van der Waals surface area contributed by atoms with Crippen LogP contribution in [0.5, 0.6) is 0 Å². The molecule has 0 radical (unpaired) electrons. The van der Waals surface area contributed by atoms with Crippen LogP contribution in [0, 0.1) is 0 Å². The molecular weight excluding hydrogens is 570 g/mol. The minimum absolute atomic E-state index is 0.0343. The molecule has 0 saturated carbocycles. The molecule has 3 heterocycles. The molecule has 2 aromatic heterocycles. The Hall–Kier alpha value is -5.82. The molecule has 1 fully saturated rings. The summed E-state index contributed by atoms with van der Waals surface area (Å²) in [5, 5.41) is 0. The van der Waals surface area contributed by atoms with E-state index in [0.717, 1.165) is 0 Å². The van der Waals surface area contributed by atoms with Crippen molar-refractivity contribution in [3.8, 4) is 0 Å². The fourth-order valence-corrected chi connectivity index (χ4v) is 4.81. The number of anilines is 1. The fourth-order valence-electron chi connectivity index (χ4n) is 4.81. The van der Waals surface area contributed by atoms with E-state index in [2.05, 4.69) is 15.0 Å². The standard InChI is InChI=1S/C31H25N5O8/c32-31-34-25-22(26(37)35-31)33-17-36(25)27-24(44-30(40)20-14-8-3-9-15-20)23(43-29(39)19-12-6-2-7-13-19)21(42-27)16-41-28(38)18-10-4-1-5-11-18/h1-15,17,21,23-24,27H,16H2,(H3,32,34,35,37)/t21-,23+,24-,27-/m0/s1. The lowest BCUT2D eigenvalue weighted by molar-refractivity contribution is -0.0606. The second-order valence-corrected chi connectivity index (χ2v) is 9.78. The molecule has 1 aliphatic rings.